The number of oxazole rings is 1. The fourth-order valence-electron chi connectivity index (χ4n) is 2.62. The van der Waals surface area contributed by atoms with Gasteiger partial charge < -0.3 is 9.15 Å². The van der Waals surface area contributed by atoms with Crippen LogP contribution in [0.5, 0.6) is 5.75 Å². The second-order valence-electron chi connectivity index (χ2n) is 5.38. The molecule has 8 heteroatoms. The first-order valence-electron chi connectivity index (χ1n) is 7.71. The van der Waals surface area contributed by atoms with Crippen LogP contribution in [-0.2, 0) is 23.1 Å². The van der Waals surface area contributed by atoms with Crippen molar-refractivity contribution in [2.45, 2.75) is 24.9 Å². The van der Waals surface area contributed by atoms with Crippen LogP contribution in [0.1, 0.15) is 12.5 Å². The van der Waals surface area contributed by atoms with Gasteiger partial charge in [-0.3, -0.25) is 4.57 Å². The van der Waals surface area contributed by atoms with Crippen molar-refractivity contribution in [1.82, 2.24) is 9.29 Å². The highest BCUT2D eigenvalue weighted by atomic mass is 32.2. The Morgan fingerprint density at radius 2 is 1.96 bits per heavy atom. The van der Waals surface area contributed by atoms with Crippen molar-refractivity contribution in [2.75, 3.05) is 7.11 Å². The summed E-state index contributed by atoms with van der Waals surface area (Å²) < 4.78 is 39.4. The Balaban J connectivity index is 1.89. The molecule has 0 aliphatic carbocycles. The molecule has 7 nitrogen and oxygen atoms in total. The molecule has 0 bridgehead atoms. The van der Waals surface area contributed by atoms with Gasteiger partial charge in [-0.05, 0) is 25.1 Å². The molecule has 0 saturated heterocycles. The zero-order valence-electron chi connectivity index (χ0n) is 13.9. The van der Waals surface area contributed by atoms with Crippen molar-refractivity contribution in [1.29, 1.82) is 0 Å². The molecule has 0 unspecified atom stereocenters. The number of fused-ring (bicyclic) bond motifs is 1. The van der Waals surface area contributed by atoms with Crippen LogP contribution in [0.15, 0.2) is 56.6 Å². The van der Waals surface area contributed by atoms with E-state index in [9.17, 15) is 13.2 Å². The lowest BCUT2D eigenvalue weighted by Crippen LogP contribution is -2.23. The van der Waals surface area contributed by atoms with E-state index in [0.717, 1.165) is 5.56 Å². The zero-order chi connectivity index (χ0) is 18.0. The Morgan fingerprint density at radius 1 is 1.20 bits per heavy atom. The molecular weight excluding hydrogens is 344 g/mol. The van der Waals surface area contributed by atoms with E-state index in [1.807, 2.05) is 13.0 Å². The minimum atomic E-state index is -3.76. The summed E-state index contributed by atoms with van der Waals surface area (Å²) in [5, 5.41) is 0. The number of sulfonamides is 1. The highest BCUT2D eigenvalue weighted by molar-refractivity contribution is 7.89. The Labute approximate surface area is 144 Å². The third-order valence-corrected chi connectivity index (χ3v) is 5.31. The van der Waals surface area contributed by atoms with Crippen molar-refractivity contribution in [2.24, 2.45) is 0 Å². The highest BCUT2D eigenvalue weighted by Crippen LogP contribution is 2.20. The Kier molecular flexibility index (Phi) is 4.65. The summed E-state index contributed by atoms with van der Waals surface area (Å²) in [6, 6.07) is 11.5. The van der Waals surface area contributed by atoms with Crippen LogP contribution in [-0.4, -0.2) is 20.1 Å². The van der Waals surface area contributed by atoms with Gasteiger partial charge in [-0.1, -0.05) is 18.2 Å². The standard InChI is InChI=1S/C17H18N2O5S/c1-3-19-14-9-8-13(10-16(14)24-17(19)20)25(21,22)18-11-12-6-4-5-7-15(12)23-2/h4-10,18H,3,11H2,1-2H3. The van der Waals surface area contributed by atoms with Crippen LogP contribution >= 0.6 is 0 Å². The van der Waals surface area contributed by atoms with E-state index in [-0.39, 0.29) is 17.0 Å². The Hall–Kier alpha value is -2.58. The number of methoxy groups -OCH3 is 1. The second-order valence-corrected chi connectivity index (χ2v) is 7.15. The predicted octanol–water partition coefficient (Wildman–Crippen LogP) is 2.10. The quantitative estimate of drug-likeness (QED) is 0.725. The maximum Gasteiger partial charge on any atom is 0.419 e. The van der Waals surface area contributed by atoms with Crippen molar-refractivity contribution in [3.8, 4) is 5.75 Å². The summed E-state index contributed by atoms with van der Waals surface area (Å²) in [6.07, 6.45) is 0. The van der Waals surface area contributed by atoms with Crippen molar-refractivity contribution in [3.63, 3.8) is 0 Å². The first-order valence-corrected chi connectivity index (χ1v) is 9.19. The summed E-state index contributed by atoms with van der Waals surface area (Å²) in [7, 11) is -2.23. The number of hydrogen-bond acceptors (Lipinski definition) is 5. The summed E-state index contributed by atoms with van der Waals surface area (Å²) in [5.41, 5.74) is 1.53. The van der Waals surface area contributed by atoms with Gasteiger partial charge >= 0.3 is 5.76 Å². The number of hydrogen-bond donors (Lipinski definition) is 1. The van der Waals surface area contributed by atoms with E-state index in [1.54, 1.807) is 24.3 Å². The average Bonchev–Trinajstić information content (AvgIpc) is 2.94. The number of rotatable bonds is 6. The fourth-order valence-corrected chi connectivity index (χ4v) is 3.64. The molecule has 0 saturated carbocycles. The normalized spacial score (nSPS) is 11.8. The van der Waals surface area contributed by atoms with Gasteiger partial charge in [0.05, 0.1) is 17.5 Å². The minimum absolute atomic E-state index is 0.0342. The monoisotopic (exact) mass is 362 g/mol. The molecule has 25 heavy (non-hydrogen) atoms. The van der Waals surface area contributed by atoms with Gasteiger partial charge in [0.15, 0.2) is 5.58 Å². The van der Waals surface area contributed by atoms with Crippen LogP contribution in [0.2, 0.25) is 0 Å². The van der Waals surface area contributed by atoms with E-state index < -0.39 is 15.8 Å². The molecule has 0 aliphatic rings. The van der Waals surface area contributed by atoms with Gasteiger partial charge in [-0.25, -0.2) is 17.9 Å². The lowest BCUT2D eigenvalue weighted by atomic mass is 10.2. The first-order chi connectivity index (χ1) is 12.0. The van der Waals surface area contributed by atoms with Crippen molar-refractivity contribution in [3.05, 3.63) is 58.6 Å². The van der Waals surface area contributed by atoms with E-state index in [4.69, 9.17) is 9.15 Å². The number of para-hydroxylation sites is 1. The average molecular weight is 362 g/mol. The molecule has 1 N–H and O–H groups in total. The van der Waals surface area contributed by atoms with Crippen LogP contribution < -0.4 is 15.2 Å². The molecule has 0 spiro atoms. The maximum atomic E-state index is 12.5. The number of aromatic nitrogens is 1. The third kappa shape index (κ3) is 3.31. The minimum Gasteiger partial charge on any atom is -0.496 e. The molecule has 1 aromatic heterocycles. The van der Waals surface area contributed by atoms with Gasteiger partial charge in [-0.2, -0.15) is 0 Å². The Morgan fingerprint density at radius 3 is 2.68 bits per heavy atom. The third-order valence-electron chi connectivity index (χ3n) is 3.91. The van der Waals surface area contributed by atoms with Gasteiger partial charge in [0, 0.05) is 24.7 Å². The number of benzene rings is 2. The first kappa shape index (κ1) is 17.2. The van der Waals surface area contributed by atoms with Gasteiger partial charge in [0.25, 0.3) is 0 Å². The fraction of sp³-hybridized carbons (Fsp3) is 0.235. The molecule has 132 valence electrons. The summed E-state index contributed by atoms with van der Waals surface area (Å²) >= 11 is 0. The molecule has 0 aliphatic heterocycles. The summed E-state index contributed by atoms with van der Waals surface area (Å²) in [6.45, 7) is 2.35. The van der Waals surface area contributed by atoms with Crippen LogP contribution in [0.4, 0.5) is 0 Å². The predicted molar refractivity (Wildman–Crippen MR) is 93.2 cm³/mol. The molecule has 1 heterocycles. The van der Waals surface area contributed by atoms with E-state index >= 15 is 0 Å². The number of ether oxygens (including phenoxy) is 1. The topological polar surface area (TPSA) is 90.5 Å². The van der Waals surface area contributed by atoms with E-state index in [2.05, 4.69) is 4.72 Å². The summed E-state index contributed by atoms with van der Waals surface area (Å²) in [5.74, 6) is 0.0979. The van der Waals surface area contributed by atoms with E-state index in [1.165, 1.54) is 23.8 Å². The molecule has 0 radical (unpaired) electrons. The zero-order valence-corrected chi connectivity index (χ0v) is 14.7. The number of nitrogens with zero attached hydrogens (tertiary/aromatic N) is 1. The number of aryl methyl sites for hydroxylation is 1. The largest absolute Gasteiger partial charge is 0.496 e. The summed E-state index contributed by atoms with van der Waals surface area (Å²) in [4.78, 5) is 11.8. The molecule has 3 rings (SSSR count). The molecular formula is C17H18N2O5S. The molecule has 0 fully saturated rings. The van der Waals surface area contributed by atoms with Crippen LogP contribution in [0, 0.1) is 0 Å². The SMILES string of the molecule is CCn1c(=O)oc2cc(S(=O)(=O)NCc3ccccc3OC)ccc21. The smallest absolute Gasteiger partial charge is 0.419 e. The lowest BCUT2D eigenvalue weighted by molar-refractivity contribution is 0.409. The molecule has 3 aromatic rings. The van der Waals surface area contributed by atoms with Crippen molar-refractivity contribution < 1.29 is 17.6 Å². The molecule has 0 amide bonds. The molecule has 2 aromatic carbocycles. The highest BCUT2D eigenvalue weighted by Gasteiger charge is 2.17. The van der Waals surface area contributed by atoms with Gasteiger partial charge in [0.1, 0.15) is 5.75 Å². The lowest BCUT2D eigenvalue weighted by Gasteiger charge is -2.10. The van der Waals surface area contributed by atoms with Gasteiger partial charge in [-0.15, -0.1) is 0 Å². The van der Waals surface area contributed by atoms with Gasteiger partial charge in [0.2, 0.25) is 10.0 Å². The second kappa shape index (κ2) is 6.73. The number of nitrogens with one attached hydrogen (secondary N) is 1. The molecule has 0 atom stereocenters. The van der Waals surface area contributed by atoms with E-state index in [0.29, 0.717) is 17.8 Å². The van der Waals surface area contributed by atoms with Crippen molar-refractivity contribution >= 4 is 21.1 Å². The van der Waals surface area contributed by atoms with Crippen LogP contribution in [0.25, 0.3) is 11.1 Å². The maximum absolute atomic E-state index is 12.5. The Bertz CT molecular complexity index is 1070. The van der Waals surface area contributed by atoms with Crippen LogP contribution in [0.3, 0.4) is 0 Å².